The van der Waals surface area contributed by atoms with Crippen LogP contribution in [0.3, 0.4) is 0 Å². The van der Waals surface area contributed by atoms with Gasteiger partial charge in [0.05, 0.1) is 18.6 Å². The van der Waals surface area contributed by atoms with E-state index in [1.165, 1.54) is 11.1 Å². The van der Waals surface area contributed by atoms with E-state index < -0.39 is 0 Å². The number of aryl methyl sites for hydroxylation is 1. The van der Waals surface area contributed by atoms with Crippen LogP contribution in [0.1, 0.15) is 16.8 Å². The SMILES string of the molecule is Cc1cc2c(Nc3ccccc3Cc3ccccc3)nc(N3CCOCC3)nc2[nH]1. The highest BCUT2D eigenvalue weighted by Crippen LogP contribution is 2.29. The van der Waals surface area contributed by atoms with Gasteiger partial charge in [-0.25, -0.2) is 0 Å². The highest BCUT2D eigenvalue weighted by molar-refractivity contribution is 5.91. The van der Waals surface area contributed by atoms with Crippen molar-refractivity contribution < 1.29 is 4.74 Å². The Morgan fingerprint density at radius 1 is 1.00 bits per heavy atom. The van der Waals surface area contributed by atoms with Gasteiger partial charge in [0.1, 0.15) is 11.5 Å². The summed E-state index contributed by atoms with van der Waals surface area (Å²) in [6, 6.07) is 21.0. The van der Waals surface area contributed by atoms with E-state index in [1.807, 2.05) is 13.0 Å². The van der Waals surface area contributed by atoms with Crippen molar-refractivity contribution in [2.75, 3.05) is 36.5 Å². The van der Waals surface area contributed by atoms with Crippen molar-refractivity contribution in [2.45, 2.75) is 13.3 Å². The van der Waals surface area contributed by atoms with Crippen molar-refractivity contribution in [1.82, 2.24) is 15.0 Å². The van der Waals surface area contributed by atoms with Crippen molar-refractivity contribution >= 4 is 28.5 Å². The van der Waals surface area contributed by atoms with Gasteiger partial charge in [-0.3, -0.25) is 0 Å². The first-order valence-corrected chi connectivity index (χ1v) is 10.4. The van der Waals surface area contributed by atoms with Gasteiger partial charge in [-0.1, -0.05) is 48.5 Å². The third kappa shape index (κ3) is 3.86. The van der Waals surface area contributed by atoms with E-state index in [-0.39, 0.29) is 0 Å². The molecule has 6 nitrogen and oxygen atoms in total. The molecule has 0 spiro atoms. The molecular formula is C24H25N5O. The topological polar surface area (TPSA) is 66.1 Å². The van der Waals surface area contributed by atoms with E-state index in [0.29, 0.717) is 13.2 Å². The minimum Gasteiger partial charge on any atom is -0.378 e. The lowest BCUT2D eigenvalue weighted by molar-refractivity contribution is 0.122. The van der Waals surface area contributed by atoms with Crippen molar-refractivity contribution in [3.63, 3.8) is 0 Å². The summed E-state index contributed by atoms with van der Waals surface area (Å²) in [4.78, 5) is 15.2. The maximum Gasteiger partial charge on any atom is 0.229 e. The van der Waals surface area contributed by atoms with Crippen LogP contribution in [0, 0.1) is 6.92 Å². The zero-order valence-corrected chi connectivity index (χ0v) is 17.1. The molecule has 1 aliphatic rings. The molecule has 0 unspecified atom stereocenters. The van der Waals surface area contributed by atoms with Gasteiger partial charge in [-0.2, -0.15) is 9.97 Å². The summed E-state index contributed by atoms with van der Waals surface area (Å²) in [7, 11) is 0. The van der Waals surface area contributed by atoms with Crippen molar-refractivity contribution in [3.05, 3.63) is 77.5 Å². The normalized spacial score (nSPS) is 14.2. The van der Waals surface area contributed by atoms with Gasteiger partial charge in [0.25, 0.3) is 0 Å². The van der Waals surface area contributed by atoms with Gasteiger partial charge in [0.15, 0.2) is 0 Å². The fourth-order valence-electron chi connectivity index (χ4n) is 3.87. The van der Waals surface area contributed by atoms with Gasteiger partial charge in [0.2, 0.25) is 5.95 Å². The number of anilines is 3. The Balaban J connectivity index is 1.52. The predicted molar refractivity (Wildman–Crippen MR) is 121 cm³/mol. The van der Waals surface area contributed by atoms with Crippen LogP contribution in [0.25, 0.3) is 11.0 Å². The van der Waals surface area contributed by atoms with E-state index in [9.17, 15) is 0 Å². The van der Waals surface area contributed by atoms with Crippen LogP contribution in [0.15, 0.2) is 60.7 Å². The average Bonchev–Trinajstić information content (AvgIpc) is 3.17. The number of ether oxygens (including phenoxy) is 1. The predicted octanol–water partition coefficient (Wildman–Crippen LogP) is 4.44. The van der Waals surface area contributed by atoms with Crippen LogP contribution in [0.5, 0.6) is 0 Å². The molecule has 1 saturated heterocycles. The molecule has 5 rings (SSSR count). The lowest BCUT2D eigenvalue weighted by Gasteiger charge is -2.27. The van der Waals surface area contributed by atoms with E-state index >= 15 is 0 Å². The number of aromatic amines is 1. The quantitative estimate of drug-likeness (QED) is 0.519. The number of benzene rings is 2. The summed E-state index contributed by atoms with van der Waals surface area (Å²) in [5, 5.41) is 4.60. The lowest BCUT2D eigenvalue weighted by atomic mass is 10.0. The first kappa shape index (κ1) is 18.6. The number of morpholine rings is 1. The maximum absolute atomic E-state index is 5.49. The number of rotatable bonds is 5. The number of para-hydroxylation sites is 1. The Labute approximate surface area is 175 Å². The Morgan fingerprint density at radius 3 is 2.60 bits per heavy atom. The van der Waals surface area contributed by atoms with Crippen LogP contribution in [-0.4, -0.2) is 41.3 Å². The average molecular weight is 399 g/mol. The van der Waals surface area contributed by atoms with Crippen LogP contribution in [0.4, 0.5) is 17.5 Å². The molecule has 30 heavy (non-hydrogen) atoms. The number of nitrogens with zero attached hydrogens (tertiary/aromatic N) is 3. The fourth-order valence-corrected chi connectivity index (χ4v) is 3.87. The van der Waals surface area contributed by atoms with Crippen LogP contribution in [0.2, 0.25) is 0 Å². The van der Waals surface area contributed by atoms with E-state index in [4.69, 9.17) is 14.7 Å². The summed E-state index contributed by atoms with van der Waals surface area (Å²) < 4.78 is 5.49. The molecule has 4 aromatic rings. The molecule has 3 heterocycles. The van der Waals surface area contributed by atoms with Gasteiger partial charge in [-0.05, 0) is 36.6 Å². The minimum absolute atomic E-state index is 0.702. The monoisotopic (exact) mass is 399 g/mol. The Hall–Kier alpha value is -3.38. The second-order valence-corrected chi connectivity index (χ2v) is 7.63. The number of fused-ring (bicyclic) bond motifs is 1. The summed E-state index contributed by atoms with van der Waals surface area (Å²) in [6.07, 6.45) is 0.862. The van der Waals surface area contributed by atoms with E-state index in [1.54, 1.807) is 0 Å². The molecule has 0 atom stereocenters. The van der Waals surface area contributed by atoms with Crippen molar-refractivity contribution in [2.24, 2.45) is 0 Å². The lowest BCUT2D eigenvalue weighted by Crippen LogP contribution is -2.37. The maximum atomic E-state index is 5.49. The second kappa shape index (κ2) is 8.16. The second-order valence-electron chi connectivity index (χ2n) is 7.63. The molecule has 2 aromatic carbocycles. The molecule has 0 radical (unpaired) electrons. The fraction of sp³-hybridized carbons (Fsp3) is 0.250. The minimum atomic E-state index is 0.702. The summed E-state index contributed by atoms with van der Waals surface area (Å²) in [5.41, 5.74) is 5.50. The Morgan fingerprint density at radius 2 is 1.77 bits per heavy atom. The molecule has 0 saturated carbocycles. The summed E-state index contributed by atoms with van der Waals surface area (Å²) in [5.74, 6) is 1.56. The Bertz CT molecular complexity index is 1150. The van der Waals surface area contributed by atoms with Crippen LogP contribution >= 0.6 is 0 Å². The molecular weight excluding hydrogens is 374 g/mol. The number of hydrogen-bond donors (Lipinski definition) is 2. The number of H-pyrrole nitrogens is 1. The molecule has 0 aliphatic carbocycles. The number of hydrogen-bond acceptors (Lipinski definition) is 5. The first-order valence-electron chi connectivity index (χ1n) is 10.4. The molecule has 6 heteroatoms. The molecule has 2 N–H and O–H groups in total. The summed E-state index contributed by atoms with van der Waals surface area (Å²) >= 11 is 0. The third-order valence-electron chi connectivity index (χ3n) is 5.41. The Kier molecular flexibility index (Phi) is 5.07. The smallest absolute Gasteiger partial charge is 0.229 e. The molecule has 2 aromatic heterocycles. The van der Waals surface area contributed by atoms with E-state index in [0.717, 1.165) is 53.7 Å². The largest absolute Gasteiger partial charge is 0.378 e. The number of aromatic nitrogens is 3. The highest BCUT2D eigenvalue weighted by Gasteiger charge is 2.18. The van der Waals surface area contributed by atoms with E-state index in [2.05, 4.69) is 69.8 Å². The zero-order chi connectivity index (χ0) is 20.3. The molecule has 152 valence electrons. The molecule has 0 bridgehead atoms. The van der Waals surface area contributed by atoms with Crippen molar-refractivity contribution in [1.29, 1.82) is 0 Å². The van der Waals surface area contributed by atoms with Gasteiger partial charge >= 0.3 is 0 Å². The highest BCUT2D eigenvalue weighted by atomic mass is 16.5. The van der Waals surface area contributed by atoms with Gasteiger partial charge in [0, 0.05) is 24.5 Å². The summed E-state index contributed by atoms with van der Waals surface area (Å²) in [6.45, 7) is 5.05. The van der Waals surface area contributed by atoms with Gasteiger partial charge in [-0.15, -0.1) is 0 Å². The number of nitrogens with one attached hydrogen (secondary N) is 2. The molecule has 1 fully saturated rings. The van der Waals surface area contributed by atoms with Crippen LogP contribution in [-0.2, 0) is 11.2 Å². The standard InChI is InChI=1S/C24H25N5O/c1-17-15-20-22(25-17)27-24(29-11-13-30-14-12-29)28-23(20)26-21-10-6-5-9-19(21)16-18-7-3-2-4-8-18/h2-10,15H,11-14,16H2,1H3,(H2,25,26,27,28). The first-order chi connectivity index (χ1) is 14.8. The zero-order valence-electron chi connectivity index (χ0n) is 17.1. The van der Waals surface area contributed by atoms with Crippen LogP contribution < -0.4 is 10.2 Å². The molecule has 0 amide bonds. The van der Waals surface area contributed by atoms with Crippen molar-refractivity contribution in [3.8, 4) is 0 Å². The third-order valence-corrected chi connectivity index (χ3v) is 5.41. The molecule has 1 aliphatic heterocycles. The van der Waals surface area contributed by atoms with Gasteiger partial charge < -0.3 is 19.9 Å².